The molecule has 0 amide bonds. The van der Waals surface area contributed by atoms with Crippen LogP contribution in [0.4, 0.5) is 0 Å². The lowest BCUT2D eigenvalue weighted by molar-refractivity contribution is -0.140. The van der Waals surface area contributed by atoms with Crippen molar-refractivity contribution in [2.45, 2.75) is 72.1 Å². The zero-order valence-corrected chi connectivity index (χ0v) is 24.1. The van der Waals surface area contributed by atoms with Crippen LogP contribution in [0.15, 0.2) is 52.9 Å². The van der Waals surface area contributed by atoms with E-state index >= 15 is 0 Å². The topological polar surface area (TPSA) is 103 Å². The molecule has 0 saturated heterocycles. The van der Waals surface area contributed by atoms with Crippen molar-refractivity contribution < 1.29 is 28.6 Å². The van der Waals surface area contributed by atoms with Crippen LogP contribution in [0, 0.1) is 0 Å². The third-order valence-electron chi connectivity index (χ3n) is 6.44. The second kappa shape index (κ2) is 17.2. The number of hydrogen-bond acceptors (Lipinski definition) is 8. The highest BCUT2D eigenvalue weighted by Gasteiger charge is 2.39. The molecule has 0 bridgehead atoms. The van der Waals surface area contributed by atoms with E-state index in [1.165, 1.54) is 25.3 Å². The van der Waals surface area contributed by atoms with Crippen molar-refractivity contribution in [1.82, 2.24) is 10.6 Å². The standard InChI is InChI=1S/C31H44N2O6/c1-6-9-10-11-12-15-20-39-26(34)19-18-23-16-13-14-17-24(23)28-27(30(35)37-7-2)22(4)33-25(21-32-5)29(28)31(36)38-8-3/h13-14,16-19,28,32-33H,6-12,15,20-21H2,1-5H3. The Morgan fingerprint density at radius 1 is 0.897 bits per heavy atom. The van der Waals surface area contributed by atoms with E-state index in [0.29, 0.717) is 46.8 Å². The van der Waals surface area contributed by atoms with E-state index < -0.39 is 23.8 Å². The highest BCUT2D eigenvalue weighted by Crippen LogP contribution is 2.41. The number of hydrogen-bond donors (Lipinski definition) is 2. The van der Waals surface area contributed by atoms with Crippen molar-refractivity contribution in [3.63, 3.8) is 0 Å². The van der Waals surface area contributed by atoms with E-state index in [-0.39, 0.29) is 13.2 Å². The molecule has 0 spiro atoms. The third-order valence-corrected chi connectivity index (χ3v) is 6.44. The summed E-state index contributed by atoms with van der Waals surface area (Å²) < 4.78 is 16.2. The number of rotatable bonds is 16. The van der Waals surface area contributed by atoms with Crippen LogP contribution in [0.2, 0.25) is 0 Å². The number of nitrogens with one attached hydrogen (secondary N) is 2. The van der Waals surface area contributed by atoms with Crippen molar-refractivity contribution in [2.24, 2.45) is 0 Å². The monoisotopic (exact) mass is 540 g/mol. The van der Waals surface area contributed by atoms with Gasteiger partial charge in [0.05, 0.1) is 36.9 Å². The lowest BCUT2D eigenvalue weighted by Crippen LogP contribution is -2.36. The second-order valence-electron chi connectivity index (χ2n) is 9.36. The molecule has 214 valence electrons. The number of ether oxygens (including phenoxy) is 3. The van der Waals surface area contributed by atoms with Gasteiger partial charge in [-0.3, -0.25) is 0 Å². The molecule has 0 fully saturated rings. The minimum absolute atomic E-state index is 0.186. The quantitative estimate of drug-likeness (QED) is 0.128. The molecule has 8 nitrogen and oxygen atoms in total. The molecule has 2 rings (SSSR count). The second-order valence-corrected chi connectivity index (χ2v) is 9.36. The van der Waals surface area contributed by atoms with Crippen LogP contribution in [-0.4, -0.2) is 51.3 Å². The Labute approximate surface area is 232 Å². The van der Waals surface area contributed by atoms with Gasteiger partial charge in [-0.25, -0.2) is 14.4 Å². The molecule has 0 radical (unpaired) electrons. The van der Waals surface area contributed by atoms with Gasteiger partial charge in [-0.1, -0.05) is 63.3 Å². The molecule has 1 aliphatic rings. The summed E-state index contributed by atoms with van der Waals surface area (Å²) in [6.07, 6.45) is 9.71. The molecule has 1 aromatic rings. The summed E-state index contributed by atoms with van der Waals surface area (Å²) in [7, 11) is 1.78. The van der Waals surface area contributed by atoms with Crippen molar-refractivity contribution in [1.29, 1.82) is 0 Å². The fourth-order valence-corrected chi connectivity index (χ4v) is 4.64. The van der Waals surface area contributed by atoms with Crippen molar-refractivity contribution in [3.05, 3.63) is 64.0 Å². The molecule has 8 heteroatoms. The number of carbonyl (C=O) groups excluding carboxylic acids is 3. The normalized spacial score (nSPS) is 15.4. The van der Waals surface area contributed by atoms with Gasteiger partial charge in [-0.05, 0) is 51.4 Å². The molecule has 0 aliphatic carbocycles. The Hall–Kier alpha value is -3.39. The summed E-state index contributed by atoms with van der Waals surface area (Å²) >= 11 is 0. The first kappa shape index (κ1) is 31.8. The predicted molar refractivity (Wildman–Crippen MR) is 153 cm³/mol. The zero-order chi connectivity index (χ0) is 28.6. The van der Waals surface area contributed by atoms with Gasteiger partial charge in [0.1, 0.15) is 0 Å². The average molecular weight is 541 g/mol. The van der Waals surface area contributed by atoms with Crippen LogP contribution >= 0.6 is 0 Å². The highest BCUT2D eigenvalue weighted by molar-refractivity contribution is 6.00. The smallest absolute Gasteiger partial charge is 0.336 e. The fourth-order valence-electron chi connectivity index (χ4n) is 4.64. The average Bonchev–Trinajstić information content (AvgIpc) is 2.91. The number of likely N-dealkylation sites (N-methyl/N-ethyl adjacent to an activating group) is 1. The zero-order valence-electron chi connectivity index (χ0n) is 24.1. The van der Waals surface area contributed by atoms with E-state index in [4.69, 9.17) is 14.2 Å². The Morgan fingerprint density at radius 3 is 2.21 bits per heavy atom. The summed E-state index contributed by atoms with van der Waals surface area (Å²) in [6, 6.07) is 7.37. The van der Waals surface area contributed by atoms with Gasteiger partial charge in [0.2, 0.25) is 0 Å². The van der Waals surface area contributed by atoms with Crippen LogP contribution in [0.1, 0.15) is 83.3 Å². The largest absolute Gasteiger partial charge is 0.463 e. The Bertz CT molecular complexity index is 1070. The lowest BCUT2D eigenvalue weighted by atomic mass is 9.78. The molecule has 0 aromatic heterocycles. The Morgan fingerprint density at radius 2 is 1.54 bits per heavy atom. The van der Waals surface area contributed by atoms with Crippen LogP contribution in [0.3, 0.4) is 0 Å². The fraction of sp³-hybridized carbons (Fsp3) is 0.516. The maximum absolute atomic E-state index is 13.3. The summed E-state index contributed by atoms with van der Waals surface area (Å²) in [5, 5.41) is 6.29. The van der Waals surface area contributed by atoms with Gasteiger partial charge in [-0.2, -0.15) is 0 Å². The first-order chi connectivity index (χ1) is 18.9. The van der Waals surface area contributed by atoms with E-state index in [0.717, 1.165) is 19.3 Å². The van der Waals surface area contributed by atoms with Gasteiger partial charge in [0.25, 0.3) is 0 Å². The number of carbonyl (C=O) groups is 3. The van der Waals surface area contributed by atoms with E-state index in [9.17, 15) is 14.4 Å². The molecule has 39 heavy (non-hydrogen) atoms. The van der Waals surface area contributed by atoms with E-state index in [1.807, 2.05) is 24.3 Å². The molecule has 1 unspecified atom stereocenters. The lowest BCUT2D eigenvalue weighted by Gasteiger charge is -2.32. The molecule has 2 N–H and O–H groups in total. The van der Waals surface area contributed by atoms with Gasteiger partial charge in [-0.15, -0.1) is 0 Å². The molecule has 1 aromatic carbocycles. The van der Waals surface area contributed by atoms with Crippen LogP contribution in [0.25, 0.3) is 6.08 Å². The maximum Gasteiger partial charge on any atom is 0.336 e. The summed E-state index contributed by atoms with van der Waals surface area (Å²) in [5.41, 5.74) is 3.22. The minimum Gasteiger partial charge on any atom is -0.463 e. The number of esters is 3. The number of unbranched alkanes of at least 4 members (excludes halogenated alkanes) is 5. The Balaban J connectivity index is 2.41. The highest BCUT2D eigenvalue weighted by atomic mass is 16.5. The number of benzene rings is 1. The van der Waals surface area contributed by atoms with E-state index in [2.05, 4.69) is 17.6 Å². The summed E-state index contributed by atoms with van der Waals surface area (Å²) in [4.78, 5) is 38.9. The maximum atomic E-state index is 13.3. The first-order valence-corrected chi connectivity index (χ1v) is 14.0. The van der Waals surface area contributed by atoms with Gasteiger partial charge in [0.15, 0.2) is 0 Å². The van der Waals surface area contributed by atoms with Crippen molar-refractivity contribution in [3.8, 4) is 0 Å². The van der Waals surface area contributed by atoms with Crippen molar-refractivity contribution >= 4 is 24.0 Å². The molecular formula is C31H44N2O6. The van der Waals surface area contributed by atoms with Crippen LogP contribution in [-0.2, 0) is 28.6 Å². The SMILES string of the molecule is CCCCCCCCOC(=O)C=Cc1ccccc1C1C(C(=O)OCC)=C(C)NC(CNC)=C1C(=O)OCC. The third kappa shape index (κ3) is 9.39. The van der Waals surface area contributed by atoms with E-state index in [1.54, 1.807) is 33.9 Å². The van der Waals surface area contributed by atoms with Gasteiger partial charge >= 0.3 is 17.9 Å². The first-order valence-electron chi connectivity index (χ1n) is 14.0. The molecule has 0 saturated carbocycles. The molecule has 1 aliphatic heterocycles. The van der Waals surface area contributed by atoms with Crippen molar-refractivity contribution in [2.75, 3.05) is 33.4 Å². The molecular weight excluding hydrogens is 496 g/mol. The van der Waals surface area contributed by atoms with Crippen LogP contribution in [0.5, 0.6) is 0 Å². The predicted octanol–water partition coefficient (Wildman–Crippen LogP) is 5.16. The summed E-state index contributed by atoms with van der Waals surface area (Å²) in [5.74, 6) is -2.23. The number of allylic oxidation sites excluding steroid dienone is 1. The van der Waals surface area contributed by atoms with Gasteiger partial charge < -0.3 is 24.8 Å². The Kier molecular flexibility index (Phi) is 14.1. The summed E-state index contributed by atoms with van der Waals surface area (Å²) in [6.45, 7) is 8.56. The molecule has 1 heterocycles. The number of dihydropyridines is 1. The van der Waals surface area contributed by atoms with Gasteiger partial charge in [0, 0.05) is 24.0 Å². The molecule has 1 atom stereocenters. The van der Waals surface area contributed by atoms with Crippen LogP contribution < -0.4 is 10.6 Å². The minimum atomic E-state index is -0.757.